The van der Waals surface area contributed by atoms with Crippen molar-refractivity contribution in [3.63, 3.8) is 0 Å². The Morgan fingerprint density at radius 1 is 1.06 bits per heavy atom. The average molecular weight is 272 g/mol. The fourth-order valence-electron chi connectivity index (χ4n) is 1.01. The van der Waals surface area contributed by atoms with E-state index in [1.165, 1.54) is 18.7 Å². The number of hydrogen-bond acceptors (Lipinski definition) is 6. The molecule has 0 aliphatic carbocycles. The number of anilines is 1. The lowest BCUT2D eigenvalue weighted by molar-refractivity contribution is 0.600. The summed E-state index contributed by atoms with van der Waals surface area (Å²) in [6, 6.07) is 0. The number of aromatic nitrogens is 4. The maximum Gasteiger partial charge on any atom is 0.265 e. The van der Waals surface area contributed by atoms with Gasteiger partial charge in [0.1, 0.15) is 11.2 Å². The summed E-state index contributed by atoms with van der Waals surface area (Å²) in [6.45, 7) is 0. The molecule has 2 aromatic heterocycles. The molecule has 0 fully saturated rings. The molecule has 0 atom stereocenters. The Labute approximate surface area is 102 Å². The highest BCUT2D eigenvalue weighted by Crippen LogP contribution is 2.13. The Balaban J connectivity index is 2.29. The maximum absolute atomic E-state index is 11.8. The van der Waals surface area contributed by atoms with E-state index in [-0.39, 0.29) is 15.9 Å². The third-order valence-electron chi connectivity index (χ3n) is 1.72. The van der Waals surface area contributed by atoms with Crippen molar-refractivity contribution in [1.29, 1.82) is 0 Å². The third kappa shape index (κ3) is 2.86. The number of nitrogens with one attached hydrogen (secondary N) is 1. The molecule has 0 bridgehead atoms. The molecule has 0 amide bonds. The van der Waals surface area contributed by atoms with Crippen LogP contribution in [0, 0.1) is 0 Å². The number of sulfonamides is 1. The van der Waals surface area contributed by atoms with Crippen LogP contribution in [0.5, 0.6) is 0 Å². The van der Waals surface area contributed by atoms with Crippen LogP contribution in [0.2, 0.25) is 5.28 Å². The third-order valence-corrected chi connectivity index (χ3v) is 3.25. The second-order valence-electron chi connectivity index (χ2n) is 2.92. The normalized spacial score (nSPS) is 11.1. The van der Waals surface area contributed by atoms with Crippen molar-refractivity contribution in [3.8, 4) is 0 Å². The van der Waals surface area contributed by atoms with Gasteiger partial charge in [-0.05, 0) is 11.6 Å². The van der Waals surface area contributed by atoms with Crippen LogP contribution in [-0.4, -0.2) is 28.4 Å². The minimum atomic E-state index is -3.74. The first kappa shape index (κ1) is 11.7. The predicted octanol–water partition coefficient (Wildman–Crippen LogP) is 0.721. The van der Waals surface area contributed by atoms with Crippen LogP contribution in [0.25, 0.3) is 0 Å². The molecule has 0 saturated carbocycles. The van der Waals surface area contributed by atoms with Crippen molar-refractivity contribution in [2.24, 2.45) is 0 Å². The molecule has 7 nitrogen and oxygen atoms in total. The van der Waals surface area contributed by atoms with Gasteiger partial charge < -0.3 is 0 Å². The summed E-state index contributed by atoms with van der Waals surface area (Å²) in [5.41, 5.74) is 0.252. The highest BCUT2D eigenvalue weighted by molar-refractivity contribution is 7.92. The van der Waals surface area contributed by atoms with Crippen LogP contribution in [-0.2, 0) is 10.0 Å². The molecular weight excluding hydrogens is 266 g/mol. The molecule has 0 unspecified atom stereocenters. The van der Waals surface area contributed by atoms with E-state index in [2.05, 4.69) is 24.7 Å². The van der Waals surface area contributed by atoms with E-state index in [4.69, 9.17) is 11.6 Å². The molecule has 88 valence electrons. The number of nitrogens with zero attached hydrogens (tertiary/aromatic N) is 4. The first-order valence-corrected chi connectivity index (χ1v) is 6.19. The second-order valence-corrected chi connectivity index (χ2v) is 4.94. The molecule has 2 rings (SSSR count). The lowest BCUT2D eigenvalue weighted by Crippen LogP contribution is -2.13. The zero-order valence-electron chi connectivity index (χ0n) is 8.28. The second kappa shape index (κ2) is 4.60. The summed E-state index contributed by atoms with van der Waals surface area (Å²) in [7, 11) is -3.74. The van der Waals surface area contributed by atoms with Crippen LogP contribution in [0.4, 0.5) is 5.69 Å². The molecular formula is C8H6ClN5O2S. The Kier molecular flexibility index (Phi) is 3.16. The van der Waals surface area contributed by atoms with Crippen molar-refractivity contribution in [3.05, 3.63) is 36.4 Å². The average Bonchev–Trinajstić information content (AvgIpc) is 2.30. The van der Waals surface area contributed by atoms with Gasteiger partial charge in [-0.2, -0.15) is 0 Å². The first-order valence-electron chi connectivity index (χ1n) is 4.33. The molecule has 1 N–H and O–H groups in total. The molecule has 0 spiro atoms. The molecule has 0 saturated heterocycles. The molecule has 2 heterocycles. The van der Waals surface area contributed by atoms with E-state index in [0.717, 1.165) is 12.4 Å². The van der Waals surface area contributed by atoms with Gasteiger partial charge in [-0.25, -0.2) is 28.4 Å². The van der Waals surface area contributed by atoms with E-state index >= 15 is 0 Å². The highest BCUT2D eigenvalue weighted by atomic mass is 35.5. The van der Waals surface area contributed by atoms with E-state index in [9.17, 15) is 8.42 Å². The van der Waals surface area contributed by atoms with E-state index < -0.39 is 10.0 Å². The topological polar surface area (TPSA) is 97.7 Å². The van der Waals surface area contributed by atoms with Gasteiger partial charge >= 0.3 is 0 Å². The van der Waals surface area contributed by atoms with Crippen LogP contribution in [0.3, 0.4) is 0 Å². The summed E-state index contributed by atoms with van der Waals surface area (Å²) in [6.07, 6.45) is 6.19. The smallest absolute Gasteiger partial charge is 0.265 e. The number of hydrogen-bond donors (Lipinski definition) is 1. The summed E-state index contributed by atoms with van der Waals surface area (Å²) >= 11 is 5.46. The van der Waals surface area contributed by atoms with Crippen LogP contribution < -0.4 is 4.72 Å². The highest BCUT2D eigenvalue weighted by Gasteiger charge is 2.15. The van der Waals surface area contributed by atoms with Crippen LogP contribution in [0.15, 0.2) is 36.0 Å². The van der Waals surface area contributed by atoms with Gasteiger partial charge in [0.25, 0.3) is 10.0 Å². The van der Waals surface area contributed by atoms with Crippen LogP contribution in [0.1, 0.15) is 0 Å². The fourth-order valence-corrected chi connectivity index (χ4v) is 2.02. The summed E-state index contributed by atoms with van der Waals surface area (Å²) in [5, 5.41) is -0.0213. The number of rotatable bonds is 3. The van der Waals surface area contributed by atoms with Gasteiger partial charge in [-0.1, -0.05) is 0 Å². The molecule has 0 aromatic carbocycles. The molecule has 17 heavy (non-hydrogen) atoms. The van der Waals surface area contributed by atoms with E-state index in [1.807, 2.05) is 0 Å². The molecule has 0 aliphatic heterocycles. The lowest BCUT2D eigenvalue weighted by Gasteiger charge is -2.05. The Morgan fingerprint density at radius 2 is 1.65 bits per heavy atom. The minimum absolute atomic E-state index is 0.0213. The van der Waals surface area contributed by atoms with E-state index in [1.54, 1.807) is 0 Å². The van der Waals surface area contributed by atoms with Crippen molar-refractivity contribution in [2.45, 2.75) is 4.90 Å². The fraction of sp³-hybridized carbons (Fsp3) is 0. The van der Waals surface area contributed by atoms with Gasteiger partial charge in [0.2, 0.25) is 5.28 Å². The Morgan fingerprint density at radius 3 is 2.24 bits per heavy atom. The summed E-state index contributed by atoms with van der Waals surface area (Å²) in [4.78, 5) is 14.5. The molecule has 9 heteroatoms. The van der Waals surface area contributed by atoms with Crippen molar-refractivity contribution >= 4 is 27.3 Å². The summed E-state index contributed by atoms with van der Waals surface area (Å²) in [5.74, 6) is 0. The predicted molar refractivity (Wildman–Crippen MR) is 59.9 cm³/mol. The monoisotopic (exact) mass is 271 g/mol. The molecule has 0 aliphatic rings. The van der Waals surface area contributed by atoms with Crippen molar-refractivity contribution in [2.75, 3.05) is 4.72 Å². The van der Waals surface area contributed by atoms with Gasteiger partial charge in [-0.15, -0.1) is 0 Å². The quantitative estimate of drug-likeness (QED) is 0.826. The van der Waals surface area contributed by atoms with Gasteiger partial charge in [-0.3, -0.25) is 4.72 Å². The number of halogens is 1. The largest absolute Gasteiger partial charge is 0.276 e. The first-order chi connectivity index (χ1) is 8.08. The van der Waals surface area contributed by atoms with Crippen molar-refractivity contribution in [1.82, 2.24) is 19.9 Å². The Bertz CT molecular complexity index is 602. The molecule has 0 radical (unpaired) electrons. The van der Waals surface area contributed by atoms with E-state index in [0.29, 0.717) is 0 Å². The zero-order chi connectivity index (χ0) is 12.3. The molecule has 2 aromatic rings. The standard InChI is InChI=1S/C8H6ClN5O2S/c9-8-12-3-7(4-13-8)17(15,16)14-6-1-10-5-11-2-6/h1-5,14H. The van der Waals surface area contributed by atoms with Crippen molar-refractivity contribution < 1.29 is 8.42 Å². The van der Waals surface area contributed by atoms with Gasteiger partial charge in [0.05, 0.1) is 30.5 Å². The summed E-state index contributed by atoms with van der Waals surface area (Å²) < 4.78 is 25.9. The Hall–Kier alpha value is -1.80. The zero-order valence-corrected chi connectivity index (χ0v) is 9.85. The van der Waals surface area contributed by atoms with Gasteiger partial charge in [0, 0.05) is 0 Å². The van der Waals surface area contributed by atoms with Crippen LogP contribution >= 0.6 is 11.6 Å². The lowest BCUT2D eigenvalue weighted by atomic mass is 10.6. The minimum Gasteiger partial charge on any atom is -0.276 e. The van der Waals surface area contributed by atoms with Gasteiger partial charge in [0.15, 0.2) is 0 Å². The SMILES string of the molecule is O=S(=O)(Nc1cncnc1)c1cnc(Cl)nc1. The maximum atomic E-state index is 11.8.